The van der Waals surface area contributed by atoms with Crippen LogP contribution in [0.5, 0.6) is 0 Å². The number of benzene rings is 2. The fourth-order valence-corrected chi connectivity index (χ4v) is 7.15. The molecule has 0 atom stereocenters. The largest absolute Gasteiger partial charge is 0.414 e. The number of anilines is 2. The number of hydrogen-bond acceptors (Lipinski definition) is 7. The maximum absolute atomic E-state index is 5.94. The lowest BCUT2D eigenvalue weighted by atomic mass is 10.1. The highest BCUT2D eigenvalue weighted by molar-refractivity contribution is 9.11. The summed E-state index contributed by atoms with van der Waals surface area (Å²) < 4.78 is 6.99. The summed E-state index contributed by atoms with van der Waals surface area (Å²) in [5, 5.41) is 8.50. The lowest BCUT2D eigenvalue weighted by Gasteiger charge is -2.32. The molecule has 0 saturated heterocycles. The van der Waals surface area contributed by atoms with Crippen molar-refractivity contribution in [2.24, 2.45) is 0 Å². The Labute approximate surface area is 206 Å². The molecule has 1 aliphatic rings. The van der Waals surface area contributed by atoms with E-state index in [0.717, 1.165) is 20.1 Å². The predicted molar refractivity (Wildman–Crippen MR) is 137 cm³/mol. The summed E-state index contributed by atoms with van der Waals surface area (Å²) in [5.74, 6) is 1.10. The van der Waals surface area contributed by atoms with E-state index >= 15 is 0 Å². The number of para-hydroxylation sites is 1. The van der Waals surface area contributed by atoms with Crippen molar-refractivity contribution < 1.29 is 4.42 Å². The van der Waals surface area contributed by atoms with Gasteiger partial charge in [0.05, 0.1) is 24.9 Å². The third kappa shape index (κ3) is 3.51. The van der Waals surface area contributed by atoms with Gasteiger partial charge < -0.3 is 9.32 Å². The lowest BCUT2D eigenvalue weighted by molar-refractivity contribution is 0.587. The van der Waals surface area contributed by atoms with Gasteiger partial charge in [-0.25, -0.2) is 0 Å². The molecule has 4 nitrogen and oxygen atoms in total. The fraction of sp³-hybridized carbons (Fsp3) is 0.0833. The number of hydrogen-bond donors (Lipinski definition) is 0. The molecule has 1 aliphatic heterocycles. The molecule has 8 heteroatoms. The topological polar surface area (TPSA) is 42.2 Å². The van der Waals surface area contributed by atoms with Crippen LogP contribution in [-0.2, 0) is 0 Å². The average Bonchev–Trinajstić information content (AvgIpc) is 3.57. The molecule has 5 aromatic rings. The Morgan fingerprint density at radius 3 is 2.31 bits per heavy atom. The van der Waals surface area contributed by atoms with Crippen molar-refractivity contribution in [2.45, 2.75) is 16.7 Å². The van der Waals surface area contributed by atoms with Gasteiger partial charge in [-0.2, -0.15) is 0 Å². The van der Waals surface area contributed by atoms with Gasteiger partial charge in [-0.1, -0.05) is 30.0 Å². The third-order valence-corrected chi connectivity index (χ3v) is 9.10. The van der Waals surface area contributed by atoms with Crippen molar-refractivity contribution in [1.29, 1.82) is 0 Å². The Kier molecular flexibility index (Phi) is 5.18. The smallest absolute Gasteiger partial charge is 0.258 e. The van der Waals surface area contributed by atoms with Gasteiger partial charge in [0.2, 0.25) is 0 Å². The standard InChI is InChI=1S/C24H16BrN3OS3/c1-2-28-15-5-3-4-6-18(15)31-21-13-14(7-8-16(21)28)17-9-10-19(30-17)23-26-27-24(29-23)20-11-12-22(25)32-20/h3-13H,2H2,1H3. The number of fused-ring (bicyclic) bond motifs is 2. The van der Waals surface area contributed by atoms with Gasteiger partial charge >= 0.3 is 0 Å². The Hall–Kier alpha value is -2.39. The first kappa shape index (κ1) is 20.2. The molecule has 0 aliphatic carbocycles. The van der Waals surface area contributed by atoms with E-state index in [0.29, 0.717) is 11.8 Å². The van der Waals surface area contributed by atoms with Crippen LogP contribution in [0.3, 0.4) is 0 Å². The monoisotopic (exact) mass is 537 g/mol. The highest BCUT2D eigenvalue weighted by atomic mass is 79.9. The maximum Gasteiger partial charge on any atom is 0.258 e. The highest BCUT2D eigenvalue weighted by Crippen LogP contribution is 2.49. The first-order valence-electron chi connectivity index (χ1n) is 10.1. The zero-order valence-electron chi connectivity index (χ0n) is 16.9. The Balaban J connectivity index is 1.32. The number of thiophene rings is 2. The number of halogens is 1. The van der Waals surface area contributed by atoms with Crippen molar-refractivity contribution in [2.75, 3.05) is 11.4 Å². The molecule has 0 radical (unpaired) electrons. The summed E-state index contributed by atoms with van der Waals surface area (Å²) in [6.07, 6.45) is 0. The zero-order valence-corrected chi connectivity index (χ0v) is 20.9. The van der Waals surface area contributed by atoms with Crippen LogP contribution in [0, 0.1) is 0 Å². The Morgan fingerprint density at radius 2 is 1.53 bits per heavy atom. The molecule has 0 spiro atoms. The molecular weight excluding hydrogens is 522 g/mol. The minimum Gasteiger partial charge on any atom is -0.414 e. The second-order valence-corrected chi connectivity index (χ2v) is 11.8. The third-order valence-electron chi connectivity index (χ3n) is 5.25. The number of aromatic nitrogens is 2. The summed E-state index contributed by atoms with van der Waals surface area (Å²) in [4.78, 5) is 8.07. The normalized spacial score (nSPS) is 12.6. The molecule has 3 aromatic heterocycles. The van der Waals surface area contributed by atoms with Crippen LogP contribution < -0.4 is 4.90 Å². The summed E-state index contributed by atoms with van der Waals surface area (Å²) in [6, 6.07) is 23.5. The van der Waals surface area contributed by atoms with Gasteiger partial charge in [-0.3, -0.25) is 0 Å². The van der Waals surface area contributed by atoms with E-state index in [9.17, 15) is 0 Å². The molecule has 158 valence electrons. The average molecular weight is 539 g/mol. The van der Waals surface area contributed by atoms with E-state index in [2.05, 4.69) is 92.5 Å². The minimum atomic E-state index is 0.550. The Morgan fingerprint density at radius 1 is 0.812 bits per heavy atom. The van der Waals surface area contributed by atoms with Crippen LogP contribution in [0.1, 0.15) is 6.92 Å². The Bertz CT molecular complexity index is 1440. The molecule has 6 rings (SSSR count). The quantitative estimate of drug-likeness (QED) is 0.229. The van der Waals surface area contributed by atoms with E-state index in [1.165, 1.54) is 31.6 Å². The molecule has 4 heterocycles. The number of nitrogens with zero attached hydrogens (tertiary/aromatic N) is 3. The first-order chi connectivity index (χ1) is 15.7. The molecule has 32 heavy (non-hydrogen) atoms. The van der Waals surface area contributed by atoms with Crippen LogP contribution in [0.2, 0.25) is 0 Å². The van der Waals surface area contributed by atoms with Crippen LogP contribution in [-0.4, -0.2) is 16.7 Å². The zero-order chi connectivity index (χ0) is 21.7. The van der Waals surface area contributed by atoms with E-state index in [1.54, 1.807) is 22.7 Å². The highest BCUT2D eigenvalue weighted by Gasteiger charge is 2.23. The summed E-state index contributed by atoms with van der Waals surface area (Å²) in [5.41, 5.74) is 3.74. The van der Waals surface area contributed by atoms with Crippen molar-refractivity contribution >= 4 is 61.7 Å². The van der Waals surface area contributed by atoms with Crippen molar-refractivity contribution in [3.8, 4) is 32.0 Å². The summed E-state index contributed by atoms with van der Waals surface area (Å²) in [7, 11) is 0. The van der Waals surface area contributed by atoms with Gasteiger partial charge in [0.1, 0.15) is 0 Å². The van der Waals surface area contributed by atoms with Crippen LogP contribution in [0.4, 0.5) is 11.4 Å². The van der Waals surface area contributed by atoms with Crippen molar-refractivity contribution in [3.63, 3.8) is 0 Å². The second-order valence-electron chi connectivity index (χ2n) is 7.18. The van der Waals surface area contributed by atoms with Crippen LogP contribution in [0.25, 0.3) is 32.0 Å². The summed E-state index contributed by atoms with van der Waals surface area (Å²) in [6.45, 7) is 3.14. The molecule has 0 saturated carbocycles. The minimum absolute atomic E-state index is 0.550. The van der Waals surface area contributed by atoms with E-state index in [-0.39, 0.29) is 0 Å². The second kappa shape index (κ2) is 8.19. The maximum atomic E-state index is 5.94. The molecule has 2 aromatic carbocycles. The van der Waals surface area contributed by atoms with Gasteiger partial charge in [0.25, 0.3) is 11.8 Å². The van der Waals surface area contributed by atoms with Gasteiger partial charge in [0, 0.05) is 21.2 Å². The van der Waals surface area contributed by atoms with E-state index in [4.69, 9.17) is 4.42 Å². The summed E-state index contributed by atoms with van der Waals surface area (Å²) >= 11 is 8.57. The SMILES string of the molecule is CCN1c2ccccc2Sc2cc(-c3ccc(-c4nnc(-c5ccc(Br)s5)o4)s3)ccc21. The molecule has 0 unspecified atom stereocenters. The van der Waals surface area contributed by atoms with E-state index in [1.807, 2.05) is 23.9 Å². The molecule has 0 fully saturated rings. The molecule has 0 bridgehead atoms. The van der Waals surface area contributed by atoms with Gasteiger partial charge in [-0.05, 0) is 76.9 Å². The van der Waals surface area contributed by atoms with Gasteiger partial charge in [-0.15, -0.1) is 32.9 Å². The van der Waals surface area contributed by atoms with Crippen LogP contribution >= 0.6 is 50.4 Å². The van der Waals surface area contributed by atoms with E-state index < -0.39 is 0 Å². The molecular formula is C24H16BrN3OS3. The van der Waals surface area contributed by atoms with Gasteiger partial charge in [0.15, 0.2) is 0 Å². The lowest BCUT2D eigenvalue weighted by Crippen LogP contribution is -2.19. The predicted octanol–water partition coefficient (Wildman–Crippen LogP) is 8.58. The number of rotatable bonds is 4. The fourth-order valence-electron chi connectivity index (χ4n) is 3.79. The molecule has 0 N–H and O–H groups in total. The van der Waals surface area contributed by atoms with Crippen molar-refractivity contribution in [1.82, 2.24) is 10.2 Å². The van der Waals surface area contributed by atoms with Crippen LogP contribution in [0.15, 0.2) is 84.7 Å². The first-order valence-corrected chi connectivity index (χ1v) is 13.3. The molecule has 0 amide bonds. The van der Waals surface area contributed by atoms with Crippen molar-refractivity contribution in [3.05, 3.63) is 70.5 Å².